The van der Waals surface area contributed by atoms with Crippen molar-refractivity contribution >= 4 is 29.2 Å². The second-order valence-electron chi connectivity index (χ2n) is 9.98. The number of hydrogen-bond donors (Lipinski definition) is 3. The lowest BCUT2D eigenvalue weighted by atomic mass is 9.80. The highest BCUT2D eigenvalue weighted by Gasteiger charge is 2.38. The molecule has 1 fully saturated rings. The number of Topliss-reactive ketones (excluding diaryl/α,β-unsaturated/α-hetero) is 1. The van der Waals surface area contributed by atoms with Crippen LogP contribution in [0.2, 0.25) is 5.02 Å². The van der Waals surface area contributed by atoms with Gasteiger partial charge in [-0.25, -0.2) is 0 Å². The van der Waals surface area contributed by atoms with E-state index in [0.29, 0.717) is 11.3 Å². The number of halogens is 1. The molecule has 1 unspecified atom stereocenters. The van der Waals surface area contributed by atoms with Crippen molar-refractivity contribution in [1.29, 1.82) is 0 Å². The molecule has 9 heteroatoms. The molecule has 1 aromatic carbocycles. The lowest BCUT2D eigenvalue weighted by Gasteiger charge is -2.31. The first kappa shape index (κ1) is 25.7. The fourth-order valence-corrected chi connectivity index (χ4v) is 4.44. The Bertz CT molecular complexity index is 1050. The number of ketones is 1. The molecule has 2 amide bonds. The maximum atomic E-state index is 13.5. The monoisotopic (exact) mass is 489 g/mol. The number of nitrogens with one attached hydrogen (secondary N) is 2. The summed E-state index contributed by atoms with van der Waals surface area (Å²) >= 11 is 6.04. The average molecular weight is 490 g/mol. The first-order valence-electron chi connectivity index (χ1n) is 11.5. The Morgan fingerprint density at radius 2 is 1.85 bits per heavy atom. The molecule has 3 N–H and O–H groups in total. The fourth-order valence-electron chi connectivity index (χ4n) is 4.24. The van der Waals surface area contributed by atoms with Crippen molar-refractivity contribution in [3.63, 3.8) is 0 Å². The second-order valence-corrected chi connectivity index (χ2v) is 10.4. The zero-order valence-corrected chi connectivity index (χ0v) is 20.7. The lowest BCUT2D eigenvalue weighted by molar-refractivity contribution is -0.134. The van der Waals surface area contributed by atoms with Gasteiger partial charge in [-0.3, -0.25) is 14.4 Å². The van der Waals surface area contributed by atoms with E-state index in [1.165, 1.54) is 12.1 Å². The molecule has 0 aliphatic heterocycles. The van der Waals surface area contributed by atoms with E-state index in [0.717, 1.165) is 25.7 Å². The van der Waals surface area contributed by atoms with Crippen molar-refractivity contribution in [3.8, 4) is 5.75 Å². The van der Waals surface area contributed by atoms with E-state index in [4.69, 9.17) is 16.1 Å². The van der Waals surface area contributed by atoms with Crippen LogP contribution in [0, 0.1) is 18.3 Å². The summed E-state index contributed by atoms with van der Waals surface area (Å²) in [6.45, 7) is 7.19. The highest BCUT2D eigenvalue weighted by atomic mass is 35.5. The smallest absolute Gasteiger partial charge is 0.274 e. The van der Waals surface area contributed by atoms with Crippen LogP contribution in [0.15, 0.2) is 28.8 Å². The van der Waals surface area contributed by atoms with Crippen LogP contribution in [0.5, 0.6) is 5.75 Å². The van der Waals surface area contributed by atoms with Gasteiger partial charge in [-0.2, -0.15) is 0 Å². The van der Waals surface area contributed by atoms with E-state index in [-0.39, 0.29) is 34.6 Å². The molecule has 0 spiro atoms. The molecule has 1 saturated carbocycles. The number of benzene rings is 1. The van der Waals surface area contributed by atoms with Crippen LogP contribution in [-0.4, -0.2) is 39.9 Å². The number of nitrogens with zero attached hydrogens (tertiary/aromatic N) is 1. The topological polar surface area (TPSA) is 122 Å². The van der Waals surface area contributed by atoms with Crippen LogP contribution in [0.1, 0.15) is 68.3 Å². The van der Waals surface area contributed by atoms with Gasteiger partial charge in [0.25, 0.3) is 5.91 Å². The zero-order chi connectivity index (χ0) is 25.0. The van der Waals surface area contributed by atoms with Crippen molar-refractivity contribution in [2.45, 2.75) is 71.9 Å². The van der Waals surface area contributed by atoms with Crippen molar-refractivity contribution in [1.82, 2.24) is 15.8 Å². The summed E-state index contributed by atoms with van der Waals surface area (Å²) in [7, 11) is 0. The first-order valence-corrected chi connectivity index (χ1v) is 11.9. The molecule has 1 aliphatic carbocycles. The largest absolute Gasteiger partial charge is 0.506 e. The van der Waals surface area contributed by atoms with Gasteiger partial charge in [0.2, 0.25) is 5.91 Å². The molecular formula is C25H32ClN3O5. The van der Waals surface area contributed by atoms with Gasteiger partial charge in [-0.05, 0) is 43.4 Å². The Hall–Kier alpha value is -2.87. The predicted octanol–water partition coefficient (Wildman–Crippen LogP) is 3.97. The average Bonchev–Trinajstić information content (AvgIpc) is 3.45. The van der Waals surface area contributed by atoms with Crippen LogP contribution in [-0.2, 0) is 16.0 Å². The number of phenolic OH excluding ortho intramolecular Hbond substituents is 1. The minimum absolute atomic E-state index is 0.0300. The number of carbonyl (C=O) groups excluding carboxylic acids is 3. The lowest BCUT2D eigenvalue weighted by Crippen LogP contribution is -2.56. The van der Waals surface area contributed by atoms with Crippen molar-refractivity contribution < 1.29 is 24.0 Å². The van der Waals surface area contributed by atoms with Gasteiger partial charge in [0.1, 0.15) is 17.6 Å². The van der Waals surface area contributed by atoms with Gasteiger partial charge in [0.15, 0.2) is 11.5 Å². The Labute approximate surface area is 204 Å². The van der Waals surface area contributed by atoms with Gasteiger partial charge < -0.3 is 20.3 Å². The SMILES string of the molecule is Cc1cc(C(=O)NC(Cc2ccc(O)c(Cl)c2)C(=O)N[C@H](C(=O)C(C)(C)C)C2CCCC2)no1. The Morgan fingerprint density at radius 3 is 2.41 bits per heavy atom. The van der Waals surface area contributed by atoms with E-state index in [1.54, 1.807) is 19.1 Å². The molecule has 0 bridgehead atoms. The summed E-state index contributed by atoms with van der Waals surface area (Å²) in [4.78, 5) is 39.5. The quantitative estimate of drug-likeness (QED) is 0.515. The third-order valence-corrected chi connectivity index (χ3v) is 6.43. The summed E-state index contributed by atoms with van der Waals surface area (Å²) in [5.74, 6) is -0.612. The minimum atomic E-state index is -0.998. The molecule has 8 nitrogen and oxygen atoms in total. The number of carbonyl (C=O) groups is 3. The summed E-state index contributed by atoms with van der Waals surface area (Å²) < 4.78 is 4.97. The Morgan fingerprint density at radius 1 is 1.18 bits per heavy atom. The Kier molecular flexibility index (Phi) is 8.02. The highest BCUT2D eigenvalue weighted by Crippen LogP contribution is 2.32. The minimum Gasteiger partial charge on any atom is -0.506 e. The van der Waals surface area contributed by atoms with Crippen molar-refractivity contribution in [2.75, 3.05) is 0 Å². The van der Waals surface area contributed by atoms with Crippen LogP contribution >= 0.6 is 11.6 Å². The summed E-state index contributed by atoms with van der Waals surface area (Å²) in [6, 6.07) is 4.45. The standard InChI is InChI=1S/C25H32ClN3O5/c1-14-11-19(29-34-14)24(33)27-18(13-15-9-10-20(30)17(26)12-15)23(32)28-21(16-7-5-6-8-16)22(31)25(2,3)4/h9-12,16,18,21,30H,5-8,13H2,1-4H3,(H,27,33)(H,28,32)/t18?,21-/m0/s1. The highest BCUT2D eigenvalue weighted by molar-refractivity contribution is 6.32. The van der Waals surface area contributed by atoms with E-state index >= 15 is 0 Å². The van der Waals surface area contributed by atoms with Gasteiger partial charge in [0.05, 0.1) is 11.1 Å². The molecule has 1 heterocycles. The van der Waals surface area contributed by atoms with Gasteiger partial charge in [0, 0.05) is 17.9 Å². The maximum Gasteiger partial charge on any atom is 0.274 e. The van der Waals surface area contributed by atoms with Crippen LogP contribution in [0.25, 0.3) is 0 Å². The maximum absolute atomic E-state index is 13.5. The van der Waals surface area contributed by atoms with Crippen LogP contribution in [0.4, 0.5) is 0 Å². The third-order valence-electron chi connectivity index (χ3n) is 6.13. The van der Waals surface area contributed by atoms with Gasteiger partial charge in [-0.15, -0.1) is 0 Å². The second kappa shape index (κ2) is 10.6. The molecule has 1 aromatic heterocycles. The van der Waals surface area contributed by atoms with Crippen molar-refractivity contribution in [2.24, 2.45) is 11.3 Å². The van der Waals surface area contributed by atoms with Gasteiger partial charge in [-0.1, -0.05) is 56.4 Å². The first-order chi connectivity index (χ1) is 16.0. The number of amides is 2. The normalized spacial score (nSPS) is 16.1. The number of phenols is 1. The van der Waals surface area contributed by atoms with Crippen LogP contribution in [0.3, 0.4) is 0 Å². The summed E-state index contributed by atoms with van der Waals surface area (Å²) in [5, 5.41) is 19.2. The number of aromatic nitrogens is 1. The summed E-state index contributed by atoms with van der Waals surface area (Å²) in [6.07, 6.45) is 3.89. The molecule has 0 saturated heterocycles. The number of aryl methyl sites for hydroxylation is 1. The molecule has 2 aromatic rings. The molecule has 3 rings (SSSR count). The fraction of sp³-hybridized carbons (Fsp3) is 0.520. The van der Waals surface area contributed by atoms with Crippen molar-refractivity contribution in [3.05, 3.63) is 46.3 Å². The molecule has 184 valence electrons. The number of hydrogen-bond acceptors (Lipinski definition) is 6. The predicted molar refractivity (Wildman–Crippen MR) is 128 cm³/mol. The molecule has 0 radical (unpaired) electrons. The van der Waals surface area contributed by atoms with Gasteiger partial charge >= 0.3 is 0 Å². The molecule has 1 aliphatic rings. The third kappa shape index (κ3) is 6.38. The van der Waals surface area contributed by atoms with E-state index < -0.39 is 29.3 Å². The Balaban J connectivity index is 1.86. The number of rotatable bonds is 8. The zero-order valence-electron chi connectivity index (χ0n) is 20.0. The molecule has 2 atom stereocenters. The van der Waals surface area contributed by atoms with E-state index in [2.05, 4.69) is 15.8 Å². The van der Waals surface area contributed by atoms with E-state index in [9.17, 15) is 19.5 Å². The summed E-state index contributed by atoms with van der Waals surface area (Å²) in [5.41, 5.74) is 0.0680. The number of aromatic hydroxyl groups is 1. The molecular weight excluding hydrogens is 458 g/mol. The van der Waals surface area contributed by atoms with E-state index in [1.807, 2.05) is 20.8 Å². The van der Waals surface area contributed by atoms with Crippen LogP contribution < -0.4 is 10.6 Å². The molecule has 34 heavy (non-hydrogen) atoms.